The van der Waals surface area contributed by atoms with Crippen molar-refractivity contribution < 1.29 is 19.2 Å². The van der Waals surface area contributed by atoms with E-state index in [0.717, 1.165) is 18.4 Å². The van der Waals surface area contributed by atoms with Crippen LogP contribution in [0.3, 0.4) is 0 Å². The first kappa shape index (κ1) is 25.0. The predicted octanol–water partition coefficient (Wildman–Crippen LogP) is 5.64. The van der Waals surface area contributed by atoms with Crippen molar-refractivity contribution in [1.29, 1.82) is 0 Å². The van der Waals surface area contributed by atoms with Crippen molar-refractivity contribution in [2.45, 2.75) is 43.0 Å². The number of benzene rings is 3. The molecule has 3 aliphatic heterocycles. The molecule has 196 valence electrons. The van der Waals surface area contributed by atoms with Gasteiger partial charge in [-0.25, -0.2) is 0 Å². The summed E-state index contributed by atoms with van der Waals surface area (Å²) >= 11 is 13.0. The molecule has 0 aliphatic carbocycles. The molecule has 0 unspecified atom stereocenters. The number of fused-ring (bicyclic) bond motifs is 4. The maximum absolute atomic E-state index is 13.6. The van der Waals surface area contributed by atoms with Crippen LogP contribution >= 0.6 is 23.2 Å². The van der Waals surface area contributed by atoms with Crippen LogP contribution in [0.25, 0.3) is 0 Å². The van der Waals surface area contributed by atoms with Crippen LogP contribution in [0.5, 0.6) is 11.5 Å². The molecule has 0 saturated carbocycles. The number of carbonyl (C=O) groups is 1. The highest BCUT2D eigenvalue weighted by Crippen LogP contribution is 2.58. The van der Waals surface area contributed by atoms with Crippen molar-refractivity contribution in [2.75, 3.05) is 19.0 Å². The van der Waals surface area contributed by atoms with E-state index in [1.54, 1.807) is 24.3 Å². The Kier molecular flexibility index (Phi) is 6.21. The van der Waals surface area contributed by atoms with E-state index in [4.69, 9.17) is 32.7 Å². The van der Waals surface area contributed by atoms with E-state index >= 15 is 0 Å². The van der Waals surface area contributed by atoms with Gasteiger partial charge in [0.2, 0.25) is 0 Å². The predicted molar refractivity (Wildman–Crippen MR) is 144 cm³/mol. The Bertz CT molecular complexity index is 1450. The molecule has 3 aromatic rings. The van der Waals surface area contributed by atoms with Crippen LogP contribution in [0.4, 0.5) is 5.69 Å². The normalized spacial score (nSPS) is 25.8. The van der Waals surface area contributed by atoms with Gasteiger partial charge < -0.3 is 14.8 Å². The van der Waals surface area contributed by atoms with Crippen LogP contribution in [0.1, 0.15) is 35.4 Å². The molecule has 2 fully saturated rings. The van der Waals surface area contributed by atoms with Gasteiger partial charge in [-0.3, -0.25) is 19.8 Å². The maximum Gasteiger partial charge on any atom is 0.256 e. The van der Waals surface area contributed by atoms with Crippen molar-refractivity contribution in [3.05, 3.63) is 97.5 Å². The van der Waals surface area contributed by atoms with Gasteiger partial charge in [-0.05, 0) is 42.7 Å². The molecule has 2 saturated heterocycles. The minimum absolute atomic E-state index is 0.173. The van der Waals surface area contributed by atoms with Gasteiger partial charge >= 0.3 is 0 Å². The summed E-state index contributed by atoms with van der Waals surface area (Å²) in [4.78, 5) is 28.2. The summed E-state index contributed by atoms with van der Waals surface area (Å²) in [6.07, 6.45) is 1.57. The minimum atomic E-state index is -1.40. The molecule has 1 amide bonds. The zero-order chi connectivity index (χ0) is 26.6. The van der Waals surface area contributed by atoms with Crippen LogP contribution in [-0.4, -0.2) is 41.5 Å². The molecule has 0 bridgehead atoms. The fraction of sp³-hybridized carbons (Fsp3) is 0.321. The van der Waals surface area contributed by atoms with Gasteiger partial charge in [0.1, 0.15) is 6.61 Å². The summed E-state index contributed by atoms with van der Waals surface area (Å²) in [6, 6.07) is 16.6. The average molecular weight is 554 g/mol. The van der Waals surface area contributed by atoms with Crippen molar-refractivity contribution >= 4 is 34.8 Å². The van der Waals surface area contributed by atoms with Crippen LogP contribution < -0.4 is 14.8 Å². The molecule has 3 aliphatic rings. The number of ether oxygens (including phenoxy) is 2. The summed E-state index contributed by atoms with van der Waals surface area (Å²) in [7, 11) is 1.50. The highest BCUT2D eigenvalue weighted by atomic mass is 35.5. The lowest BCUT2D eigenvalue weighted by molar-refractivity contribution is -0.534. The number of hydrogen-bond acceptors (Lipinski definition) is 6. The third kappa shape index (κ3) is 3.58. The van der Waals surface area contributed by atoms with Gasteiger partial charge in [0.15, 0.2) is 17.0 Å². The molecule has 1 N–H and O–H groups in total. The van der Waals surface area contributed by atoms with E-state index in [9.17, 15) is 14.9 Å². The van der Waals surface area contributed by atoms with Gasteiger partial charge in [0.25, 0.3) is 11.9 Å². The Labute approximate surface area is 229 Å². The van der Waals surface area contributed by atoms with Gasteiger partial charge in [0.05, 0.1) is 18.1 Å². The molecule has 6 rings (SSSR count). The van der Waals surface area contributed by atoms with Crippen molar-refractivity contribution in [1.82, 2.24) is 4.90 Å². The number of nitro groups is 1. The molecule has 10 heteroatoms. The number of nitrogens with one attached hydrogen (secondary N) is 1. The minimum Gasteiger partial charge on any atom is -0.493 e. The topological polar surface area (TPSA) is 93.9 Å². The Morgan fingerprint density at radius 2 is 1.89 bits per heavy atom. The maximum atomic E-state index is 13.6. The largest absolute Gasteiger partial charge is 0.493 e. The fourth-order valence-corrected chi connectivity index (χ4v) is 7.08. The lowest BCUT2D eigenvalue weighted by atomic mass is 9.77. The van der Waals surface area contributed by atoms with E-state index in [1.165, 1.54) is 7.11 Å². The first-order valence-corrected chi connectivity index (χ1v) is 13.2. The Balaban J connectivity index is 1.44. The van der Waals surface area contributed by atoms with Crippen LogP contribution in [0.15, 0.2) is 60.7 Å². The second-order valence-electron chi connectivity index (χ2n) is 9.84. The third-order valence-corrected chi connectivity index (χ3v) is 8.71. The molecule has 3 heterocycles. The SMILES string of the molecule is COc1cc([C@H]2[C@H]([N+](=O)[O-])[C@]3(C(=O)Nc4ccccc43)N3CCC[C@@H]23)cc(Cl)c1OCc1ccccc1Cl. The third-order valence-electron chi connectivity index (χ3n) is 8.06. The van der Waals surface area contributed by atoms with E-state index in [2.05, 4.69) is 5.32 Å². The van der Waals surface area contributed by atoms with E-state index in [1.807, 2.05) is 41.3 Å². The number of nitrogens with zero attached hydrogens (tertiary/aromatic N) is 2. The van der Waals surface area contributed by atoms with Crippen molar-refractivity contribution in [3.63, 3.8) is 0 Å². The fourth-order valence-electron chi connectivity index (χ4n) is 6.61. The molecule has 0 aromatic heterocycles. The van der Waals surface area contributed by atoms with Crippen molar-refractivity contribution in [3.8, 4) is 11.5 Å². The lowest BCUT2D eigenvalue weighted by Crippen LogP contribution is -2.55. The molecule has 38 heavy (non-hydrogen) atoms. The Hall–Kier alpha value is -3.33. The Morgan fingerprint density at radius 1 is 1.13 bits per heavy atom. The zero-order valence-electron chi connectivity index (χ0n) is 20.5. The number of amides is 1. The van der Waals surface area contributed by atoms with E-state index in [0.29, 0.717) is 39.9 Å². The van der Waals surface area contributed by atoms with Gasteiger partial charge in [-0.15, -0.1) is 0 Å². The summed E-state index contributed by atoms with van der Waals surface area (Å²) in [5.74, 6) is -0.250. The highest BCUT2D eigenvalue weighted by Gasteiger charge is 2.73. The van der Waals surface area contributed by atoms with Crippen LogP contribution in [-0.2, 0) is 16.9 Å². The number of para-hydroxylation sites is 1. The summed E-state index contributed by atoms with van der Waals surface area (Å²) in [5.41, 5.74) is 1.30. The molecule has 3 aromatic carbocycles. The number of rotatable bonds is 6. The summed E-state index contributed by atoms with van der Waals surface area (Å²) in [6.45, 7) is 0.768. The molecule has 8 nitrogen and oxygen atoms in total. The van der Waals surface area contributed by atoms with Crippen LogP contribution in [0, 0.1) is 10.1 Å². The number of methoxy groups -OCH3 is 1. The van der Waals surface area contributed by atoms with E-state index in [-0.39, 0.29) is 28.5 Å². The molecule has 0 radical (unpaired) electrons. The molecule has 1 spiro atoms. The Morgan fingerprint density at radius 3 is 2.66 bits per heavy atom. The summed E-state index contributed by atoms with van der Waals surface area (Å²) in [5, 5.41) is 16.6. The molecular formula is C28H25Cl2N3O5. The quantitative estimate of drug-likeness (QED) is 0.313. The van der Waals surface area contributed by atoms with Gasteiger partial charge in [-0.2, -0.15) is 0 Å². The molecular weight excluding hydrogens is 529 g/mol. The van der Waals surface area contributed by atoms with E-state index < -0.39 is 17.5 Å². The smallest absolute Gasteiger partial charge is 0.256 e. The van der Waals surface area contributed by atoms with Crippen LogP contribution in [0.2, 0.25) is 10.0 Å². The number of hydrogen-bond donors (Lipinski definition) is 1. The average Bonchev–Trinajstić information content (AvgIpc) is 3.57. The van der Waals surface area contributed by atoms with Crippen molar-refractivity contribution in [2.24, 2.45) is 0 Å². The number of anilines is 1. The van der Waals surface area contributed by atoms with Gasteiger partial charge in [0, 0.05) is 39.3 Å². The number of carbonyl (C=O) groups excluding carboxylic acids is 1. The lowest BCUT2D eigenvalue weighted by Gasteiger charge is -2.32. The second kappa shape index (κ2) is 9.45. The van der Waals surface area contributed by atoms with Gasteiger partial charge in [-0.1, -0.05) is 59.6 Å². The monoisotopic (exact) mass is 553 g/mol. The number of halogens is 2. The highest BCUT2D eigenvalue weighted by molar-refractivity contribution is 6.32. The molecule has 4 atom stereocenters. The first-order valence-electron chi connectivity index (χ1n) is 12.4. The zero-order valence-corrected chi connectivity index (χ0v) is 22.0. The summed E-state index contributed by atoms with van der Waals surface area (Å²) < 4.78 is 11.7. The standard InChI is InChI=1S/C28H25Cl2N3O5/c1-37-23-14-17(13-20(30)25(23)38-15-16-7-2-4-9-19(16)29)24-22-11-6-12-32(22)28(26(24)33(35)36)18-8-3-5-10-21(18)31-27(28)34/h2-5,7-10,13-14,22,24,26H,6,11-12,15H2,1H3,(H,31,34)/t22-,24+,26-,28+/m0/s1. The first-order chi connectivity index (χ1) is 18.4. The second-order valence-corrected chi connectivity index (χ2v) is 10.7.